The minimum Gasteiger partial charge on any atom is -0.375 e. The predicted octanol–water partition coefficient (Wildman–Crippen LogP) is 2.82. The first kappa shape index (κ1) is 23.2. The molecule has 3 heterocycles. The summed E-state index contributed by atoms with van der Waals surface area (Å²) in [5, 5.41) is 0. The van der Waals surface area contributed by atoms with E-state index in [1.165, 1.54) is 5.56 Å². The second-order valence-corrected chi connectivity index (χ2v) is 9.81. The molecule has 3 aliphatic rings. The Bertz CT molecular complexity index is 732. The number of likely N-dealkylation sites (tertiary alicyclic amines) is 3. The smallest absolute Gasteiger partial charge is 0.248 e. The van der Waals surface area contributed by atoms with E-state index in [9.17, 15) is 9.59 Å². The number of carbonyl (C=O) groups is 2. The molecule has 0 spiro atoms. The lowest BCUT2D eigenvalue weighted by molar-refractivity contribution is -0.140. The van der Waals surface area contributed by atoms with Crippen LogP contribution in [0.4, 0.5) is 0 Å². The standard InChI is InChI=1S/C26H39N3O3/c1-32-20-25(30)28-17-11-24(12-18-28)27-15-9-23(10-16-27)26(31)29-13-7-22(8-14-29)19-21-5-3-2-4-6-21/h2-6,22-24H,7-20H2,1H3. The van der Waals surface area contributed by atoms with Crippen molar-refractivity contribution in [1.82, 2.24) is 14.7 Å². The summed E-state index contributed by atoms with van der Waals surface area (Å²) in [4.78, 5) is 31.8. The number of piperidine rings is 3. The molecule has 6 heteroatoms. The Labute approximate surface area is 192 Å². The first-order chi connectivity index (χ1) is 15.6. The monoisotopic (exact) mass is 441 g/mol. The second kappa shape index (κ2) is 11.3. The van der Waals surface area contributed by atoms with Gasteiger partial charge in [-0.3, -0.25) is 9.59 Å². The lowest BCUT2D eigenvalue weighted by Gasteiger charge is -2.42. The Hall–Kier alpha value is -1.92. The first-order valence-corrected chi connectivity index (χ1v) is 12.5. The van der Waals surface area contributed by atoms with Crippen LogP contribution in [0, 0.1) is 11.8 Å². The molecule has 3 saturated heterocycles. The lowest BCUT2D eigenvalue weighted by atomic mass is 9.88. The van der Waals surface area contributed by atoms with E-state index in [1.54, 1.807) is 7.11 Å². The molecule has 3 fully saturated rings. The maximum atomic E-state index is 13.1. The molecule has 2 amide bonds. The third-order valence-corrected chi connectivity index (χ3v) is 7.77. The molecule has 0 bridgehead atoms. The zero-order chi connectivity index (χ0) is 22.3. The largest absolute Gasteiger partial charge is 0.375 e. The van der Waals surface area contributed by atoms with Gasteiger partial charge >= 0.3 is 0 Å². The molecule has 0 N–H and O–H groups in total. The van der Waals surface area contributed by atoms with Crippen LogP contribution in [0.1, 0.15) is 44.1 Å². The second-order valence-electron chi connectivity index (χ2n) is 9.81. The van der Waals surface area contributed by atoms with Gasteiger partial charge in [0.2, 0.25) is 11.8 Å². The Morgan fingerprint density at radius 3 is 2.09 bits per heavy atom. The summed E-state index contributed by atoms with van der Waals surface area (Å²) in [5.41, 5.74) is 1.42. The molecule has 0 saturated carbocycles. The summed E-state index contributed by atoms with van der Waals surface area (Å²) >= 11 is 0. The van der Waals surface area contributed by atoms with Crippen molar-refractivity contribution in [2.75, 3.05) is 53.0 Å². The zero-order valence-electron chi connectivity index (χ0n) is 19.6. The first-order valence-electron chi connectivity index (χ1n) is 12.5. The van der Waals surface area contributed by atoms with E-state index in [0.717, 1.165) is 84.2 Å². The van der Waals surface area contributed by atoms with Crippen LogP contribution < -0.4 is 0 Å². The summed E-state index contributed by atoms with van der Waals surface area (Å²) in [7, 11) is 1.57. The molecule has 176 valence electrons. The summed E-state index contributed by atoms with van der Waals surface area (Å²) in [6.45, 7) is 5.69. The van der Waals surface area contributed by atoms with Crippen molar-refractivity contribution in [1.29, 1.82) is 0 Å². The molecule has 1 aromatic carbocycles. The number of benzene rings is 1. The summed E-state index contributed by atoms with van der Waals surface area (Å²) in [6.07, 6.45) is 7.40. The minimum absolute atomic E-state index is 0.0998. The van der Waals surface area contributed by atoms with Crippen LogP contribution in [0.2, 0.25) is 0 Å². The van der Waals surface area contributed by atoms with Crippen molar-refractivity contribution in [3.63, 3.8) is 0 Å². The summed E-state index contributed by atoms with van der Waals surface area (Å²) in [5.74, 6) is 1.39. The van der Waals surface area contributed by atoms with Crippen LogP contribution in [0.25, 0.3) is 0 Å². The number of hydrogen-bond donors (Lipinski definition) is 0. The fraction of sp³-hybridized carbons (Fsp3) is 0.692. The molecule has 3 aliphatic heterocycles. The van der Waals surface area contributed by atoms with E-state index in [2.05, 4.69) is 40.1 Å². The third-order valence-electron chi connectivity index (χ3n) is 7.77. The van der Waals surface area contributed by atoms with Crippen LogP contribution in [0.3, 0.4) is 0 Å². The van der Waals surface area contributed by atoms with Gasteiger partial charge in [-0.05, 0) is 69.5 Å². The van der Waals surface area contributed by atoms with Gasteiger partial charge in [-0.25, -0.2) is 0 Å². The van der Waals surface area contributed by atoms with Crippen LogP contribution in [-0.4, -0.2) is 85.5 Å². The zero-order valence-corrected chi connectivity index (χ0v) is 19.6. The Morgan fingerprint density at radius 1 is 0.844 bits per heavy atom. The molecule has 0 atom stereocenters. The highest BCUT2D eigenvalue weighted by Gasteiger charge is 2.34. The van der Waals surface area contributed by atoms with Gasteiger partial charge in [0.25, 0.3) is 0 Å². The number of hydrogen-bond acceptors (Lipinski definition) is 4. The van der Waals surface area contributed by atoms with Gasteiger partial charge in [0.15, 0.2) is 0 Å². The van der Waals surface area contributed by atoms with E-state index in [1.807, 2.05) is 4.90 Å². The van der Waals surface area contributed by atoms with Crippen molar-refractivity contribution in [3.8, 4) is 0 Å². The van der Waals surface area contributed by atoms with Crippen molar-refractivity contribution < 1.29 is 14.3 Å². The Balaban J connectivity index is 1.16. The normalized spacial score (nSPS) is 22.3. The van der Waals surface area contributed by atoms with Gasteiger partial charge < -0.3 is 19.4 Å². The minimum atomic E-state index is 0.0998. The van der Waals surface area contributed by atoms with E-state index in [-0.39, 0.29) is 18.4 Å². The molecule has 32 heavy (non-hydrogen) atoms. The number of rotatable bonds is 6. The Kier molecular flexibility index (Phi) is 8.20. The van der Waals surface area contributed by atoms with E-state index >= 15 is 0 Å². The molecule has 0 radical (unpaired) electrons. The fourth-order valence-corrected chi connectivity index (χ4v) is 5.77. The molecule has 1 aromatic rings. The molecule has 0 unspecified atom stereocenters. The molecule has 4 rings (SSSR count). The van der Waals surface area contributed by atoms with Crippen molar-refractivity contribution in [2.45, 2.75) is 51.0 Å². The number of carbonyl (C=O) groups excluding carboxylic acids is 2. The van der Waals surface area contributed by atoms with Crippen LogP contribution >= 0.6 is 0 Å². The van der Waals surface area contributed by atoms with Gasteiger partial charge in [-0.2, -0.15) is 0 Å². The molecule has 0 aromatic heterocycles. The SMILES string of the molecule is COCC(=O)N1CCC(N2CCC(C(=O)N3CCC(Cc4ccccc4)CC3)CC2)CC1. The number of methoxy groups -OCH3 is 1. The van der Waals surface area contributed by atoms with Gasteiger partial charge in [0.05, 0.1) is 0 Å². The van der Waals surface area contributed by atoms with Gasteiger partial charge in [0, 0.05) is 45.2 Å². The Morgan fingerprint density at radius 2 is 1.47 bits per heavy atom. The van der Waals surface area contributed by atoms with Crippen molar-refractivity contribution in [2.24, 2.45) is 11.8 Å². The quantitative estimate of drug-likeness (QED) is 0.681. The number of amides is 2. The van der Waals surface area contributed by atoms with Crippen molar-refractivity contribution in [3.05, 3.63) is 35.9 Å². The lowest BCUT2D eigenvalue weighted by Crippen LogP contribution is -2.51. The summed E-state index contributed by atoms with van der Waals surface area (Å²) < 4.78 is 4.98. The van der Waals surface area contributed by atoms with E-state index < -0.39 is 0 Å². The molecular formula is C26H39N3O3. The van der Waals surface area contributed by atoms with E-state index in [4.69, 9.17) is 4.74 Å². The highest BCUT2D eigenvalue weighted by Crippen LogP contribution is 2.28. The average Bonchev–Trinajstić information content (AvgIpc) is 2.85. The summed E-state index contributed by atoms with van der Waals surface area (Å²) in [6, 6.07) is 11.3. The van der Waals surface area contributed by atoms with Crippen LogP contribution in [-0.2, 0) is 20.7 Å². The highest BCUT2D eigenvalue weighted by atomic mass is 16.5. The van der Waals surface area contributed by atoms with E-state index in [0.29, 0.717) is 17.9 Å². The molecular weight excluding hydrogens is 402 g/mol. The topological polar surface area (TPSA) is 53.1 Å². The fourth-order valence-electron chi connectivity index (χ4n) is 5.77. The third kappa shape index (κ3) is 5.90. The van der Waals surface area contributed by atoms with Crippen LogP contribution in [0.15, 0.2) is 30.3 Å². The molecule has 6 nitrogen and oxygen atoms in total. The number of ether oxygens (including phenoxy) is 1. The molecule has 0 aliphatic carbocycles. The maximum Gasteiger partial charge on any atom is 0.248 e. The van der Waals surface area contributed by atoms with Gasteiger partial charge in [-0.1, -0.05) is 30.3 Å². The van der Waals surface area contributed by atoms with Crippen LogP contribution in [0.5, 0.6) is 0 Å². The average molecular weight is 442 g/mol. The van der Waals surface area contributed by atoms with Crippen molar-refractivity contribution >= 4 is 11.8 Å². The number of nitrogens with zero attached hydrogens (tertiary/aromatic N) is 3. The predicted molar refractivity (Wildman–Crippen MR) is 125 cm³/mol. The maximum absolute atomic E-state index is 13.1. The van der Waals surface area contributed by atoms with Gasteiger partial charge in [0.1, 0.15) is 6.61 Å². The van der Waals surface area contributed by atoms with Gasteiger partial charge in [-0.15, -0.1) is 0 Å². The highest BCUT2D eigenvalue weighted by molar-refractivity contribution is 5.79.